The fourth-order valence-corrected chi connectivity index (χ4v) is 1.83. The SMILES string of the molecule is CC(C)CNC(=O)C(C)Nc1cc(N)nc(C2CC2)n1. The number of nitrogens with zero attached hydrogens (tertiary/aromatic N) is 2. The van der Waals surface area contributed by atoms with Crippen LogP contribution < -0.4 is 16.4 Å². The Morgan fingerprint density at radius 1 is 1.40 bits per heavy atom. The summed E-state index contributed by atoms with van der Waals surface area (Å²) in [5.74, 6) is 2.67. The second-order valence-electron chi connectivity index (χ2n) is 5.82. The third-order valence-corrected chi connectivity index (χ3v) is 3.15. The van der Waals surface area contributed by atoms with Crippen LogP contribution in [0.1, 0.15) is 45.4 Å². The molecule has 110 valence electrons. The summed E-state index contributed by atoms with van der Waals surface area (Å²) in [5, 5.41) is 5.98. The number of rotatable bonds is 6. The fraction of sp³-hybridized carbons (Fsp3) is 0.643. The number of nitrogens with one attached hydrogen (secondary N) is 2. The van der Waals surface area contributed by atoms with Crippen LogP contribution in [0.5, 0.6) is 0 Å². The van der Waals surface area contributed by atoms with Gasteiger partial charge < -0.3 is 16.4 Å². The predicted molar refractivity (Wildman–Crippen MR) is 79.4 cm³/mol. The number of anilines is 2. The quantitative estimate of drug-likeness (QED) is 0.733. The molecule has 20 heavy (non-hydrogen) atoms. The molecule has 1 saturated carbocycles. The van der Waals surface area contributed by atoms with Gasteiger partial charge in [0.25, 0.3) is 0 Å². The lowest BCUT2D eigenvalue weighted by Gasteiger charge is -2.16. The van der Waals surface area contributed by atoms with Crippen molar-refractivity contribution >= 4 is 17.5 Å². The predicted octanol–water partition coefficient (Wildman–Crippen LogP) is 1.51. The van der Waals surface area contributed by atoms with Gasteiger partial charge in [-0.2, -0.15) is 0 Å². The van der Waals surface area contributed by atoms with Gasteiger partial charge >= 0.3 is 0 Å². The number of nitrogen functional groups attached to an aromatic ring is 1. The Kier molecular flexibility index (Phi) is 4.42. The van der Waals surface area contributed by atoms with Gasteiger partial charge in [0, 0.05) is 18.5 Å². The summed E-state index contributed by atoms with van der Waals surface area (Å²) in [6.45, 7) is 6.60. The first-order valence-corrected chi connectivity index (χ1v) is 7.14. The Morgan fingerprint density at radius 2 is 2.10 bits per heavy atom. The second-order valence-corrected chi connectivity index (χ2v) is 5.82. The van der Waals surface area contributed by atoms with Gasteiger partial charge in [-0.15, -0.1) is 0 Å². The van der Waals surface area contributed by atoms with Gasteiger partial charge in [0.2, 0.25) is 5.91 Å². The van der Waals surface area contributed by atoms with Crippen molar-refractivity contribution in [1.82, 2.24) is 15.3 Å². The van der Waals surface area contributed by atoms with Crippen molar-refractivity contribution in [3.63, 3.8) is 0 Å². The smallest absolute Gasteiger partial charge is 0.242 e. The zero-order valence-corrected chi connectivity index (χ0v) is 12.3. The van der Waals surface area contributed by atoms with Crippen LogP contribution in [0.25, 0.3) is 0 Å². The molecule has 1 aromatic rings. The van der Waals surface area contributed by atoms with E-state index in [-0.39, 0.29) is 11.9 Å². The van der Waals surface area contributed by atoms with Gasteiger partial charge in [-0.05, 0) is 25.7 Å². The van der Waals surface area contributed by atoms with E-state index >= 15 is 0 Å². The first kappa shape index (κ1) is 14.6. The van der Waals surface area contributed by atoms with E-state index in [4.69, 9.17) is 5.73 Å². The summed E-state index contributed by atoms with van der Waals surface area (Å²) in [6, 6.07) is 1.31. The Bertz CT molecular complexity index is 484. The Labute approximate surface area is 119 Å². The van der Waals surface area contributed by atoms with Gasteiger partial charge in [0.15, 0.2) is 0 Å². The van der Waals surface area contributed by atoms with Crippen molar-refractivity contribution in [2.45, 2.75) is 45.6 Å². The first-order valence-electron chi connectivity index (χ1n) is 7.14. The van der Waals surface area contributed by atoms with Crippen LogP contribution in [-0.4, -0.2) is 28.5 Å². The van der Waals surface area contributed by atoms with Crippen LogP contribution in [0.3, 0.4) is 0 Å². The summed E-state index contributed by atoms with van der Waals surface area (Å²) in [5.41, 5.74) is 5.78. The second kappa shape index (κ2) is 6.07. The molecular weight excluding hydrogens is 254 g/mol. The van der Waals surface area contributed by atoms with E-state index in [1.54, 1.807) is 6.07 Å². The molecule has 1 aliphatic rings. The van der Waals surface area contributed by atoms with Gasteiger partial charge in [0.1, 0.15) is 23.5 Å². The average molecular weight is 277 g/mol. The largest absolute Gasteiger partial charge is 0.384 e. The normalized spacial score (nSPS) is 16.0. The lowest BCUT2D eigenvalue weighted by molar-refractivity contribution is -0.121. The molecule has 1 aromatic heterocycles. The van der Waals surface area contributed by atoms with Crippen LogP contribution in [0, 0.1) is 5.92 Å². The van der Waals surface area contributed by atoms with Gasteiger partial charge in [-0.1, -0.05) is 13.8 Å². The number of hydrogen-bond acceptors (Lipinski definition) is 5. The molecule has 1 amide bonds. The van der Waals surface area contributed by atoms with Crippen molar-refractivity contribution in [3.8, 4) is 0 Å². The maximum atomic E-state index is 11.9. The lowest BCUT2D eigenvalue weighted by Crippen LogP contribution is -2.39. The van der Waals surface area contributed by atoms with E-state index in [1.165, 1.54) is 0 Å². The van der Waals surface area contributed by atoms with Gasteiger partial charge in [-0.3, -0.25) is 4.79 Å². The molecule has 0 aromatic carbocycles. The molecule has 4 N–H and O–H groups in total. The minimum Gasteiger partial charge on any atom is -0.384 e. The van der Waals surface area contributed by atoms with E-state index in [2.05, 4.69) is 34.4 Å². The number of nitrogens with two attached hydrogens (primary N) is 1. The molecule has 1 aliphatic carbocycles. The number of carbonyl (C=O) groups excluding carboxylic acids is 1. The van der Waals surface area contributed by atoms with Crippen molar-refractivity contribution in [2.24, 2.45) is 5.92 Å². The third kappa shape index (κ3) is 4.08. The molecule has 1 unspecified atom stereocenters. The topological polar surface area (TPSA) is 92.9 Å². The highest BCUT2D eigenvalue weighted by atomic mass is 16.2. The standard InChI is InChI=1S/C14H23N5O/c1-8(2)7-16-14(20)9(3)17-12-6-11(15)18-13(19-12)10-4-5-10/h6,8-10H,4-5,7H2,1-3H3,(H,16,20)(H3,15,17,18,19). The van der Waals surface area contributed by atoms with Crippen LogP contribution in [0.2, 0.25) is 0 Å². The fourth-order valence-electron chi connectivity index (χ4n) is 1.83. The van der Waals surface area contributed by atoms with E-state index in [0.29, 0.717) is 30.0 Å². The first-order chi connectivity index (χ1) is 9.45. The van der Waals surface area contributed by atoms with Crippen LogP contribution in [-0.2, 0) is 4.79 Å². The number of carbonyl (C=O) groups is 1. The molecule has 1 atom stereocenters. The summed E-state index contributed by atoms with van der Waals surface area (Å²) in [6.07, 6.45) is 2.24. The maximum Gasteiger partial charge on any atom is 0.242 e. The van der Waals surface area contributed by atoms with Crippen molar-refractivity contribution in [3.05, 3.63) is 11.9 Å². The maximum absolute atomic E-state index is 11.9. The molecule has 0 radical (unpaired) electrons. The third-order valence-electron chi connectivity index (χ3n) is 3.15. The zero-order chi connectivity index (χ0) is 14.7. The van der Waals surface area contributed by atoms with Gasteiger partial charge in [-0.25, -0.2) is 9.97 Å². The number of aromatic nitrogens is 2. The van der Waals surface area contributed by atoms with Crippen molar-refractivity contribution in [1.29, 1.82) is 0 Å². The minimum absolute atomic E-state index is 0.0381. The highest BCUT2D eigenvalue weighted by Crippen LogP contribution is 2.38. The summed E-state index contributed by atoms with van der Waals surface area (Å²) >= 11 is 0. The molecular formula is C14H23N5O. The van der Waals surface area contributed by atoms with Crippen LogP contribution in [0.15, 0.2) is 6.07 Å². The van der Waals surface area contributed by atoms with Gasteiger partial charge in [0.05, 0.1) is 0 Å². The number of hydrogen-bond donors (Lipinski definition) is 3. The lowest BCUT2D eigenvalue weighted by atomic mass is 10.2. The van der Waals surface area contributed by atoms with E-state index in [9.17, 15) is 4.79 Å². The van der Waals surface area contributed by atoms with Crippen LogP contribution >= 0.6 is 0 Å². The molecule has 1 heterocycles. The summed E-state index contributed by atoms with van der Waals surface area (Å²) in [4.78, 5) is 20.6. The van der Waals surface area contributed by atoms with E-state index in [0.717, 1.165) is 18.7 Å². The Hall–Kier alpha value is -1.85. The summed E-state index contributed by atoms with van der Waals surface area (Å²) < 4.78 is 0. The zero-order valence-electron chi connectivity index (χ0n) is 12.3. The molecule has 6 heteroatoms. The minimum atomic E-state index is -0.352. The molecule has 1 fully saturated rings. The highest BCUT2D eigenvalue weighted by Gasteiger charge is 2.27. The molecule has 0 spiro atoms. The monoisotopic (exact) mass is 277 g/mol. The van der Waals surface area contributed by atoms with E-state index < -0.39 is 0 Å². The molecule has 0 bridgehead atoms. The molecule has 0 aliphatic heterocycles. The highest BCUT2D eigenvalue weighted by molar-refractivity contribution is 5.83. The number of amides is 1. The Balaban J connectivity index is 1.96. The van der Waals surface area contributed by atoms with Crippen molar-refractivity contribution in [2.75, 3.05) is 17.6 Å². The van der Waals surface area contributed by atoms with Crippen LogP contribution in [0.4, 0.5) is 11.6 Å². The average Bonchev–Trinajstić information content (AvgIpc) is 3.19. The molecule has 0 saturated heterocycles. The molecule has 6 nitrogen and oxygen atoms in total. The van der Waals surface area contributed by atoms with E-state index in [1.807, 2.05) is 6.92 Å². The summed E-state index contributed by atoms with van der Waals surface area (Å²) in [7, 11) is 0. The Morgan fingerprint density at radius 3 is 2.70 bits per heavy atom. The van der Waals surface area contributed by atoms with Crippen molar-refractivity contribution < 1.29 is 4.79 Å². The molecule has 2 rings (SSSR count).